The maximum Gasteiger partial charge on any atom is 0.227 e. The van der Waals surface area contributed by atoms with Gasteiger partial charge >= 0.3 is 0 Å². The monoisotopic (exact) mass is 457 g/mol. The lowest BCUT2D eigenvalue weighted by molar-refractivity contribution is 0.533. The number of fused-ring (bicyclic) bond motifs is 3. The molecular weight excluding hydrogens is 430 g/mol. The second kappa shape index (κ2) is 7.00. The SMILES string of the molecule is CS(C)(=O)=Nc1nc(N2CC3CN(c4ccc5c(c4)CC5)CC3C2)nc2c1S(=O)CC2. The van der Waals surface area contributed by atoms with E-state index < -0.39 is 20.5 Å². The van der Waals surface area contributed by atoms with Crippen molar-refractivity contribution in [2.75, 3.05) is 54.2 Å². The number of nitrogens with zero attached hydrogens (tertiary/aromatic N) is 5. The second-order valence-electron chi connectivity index (χ2n) is 9.48. The molecule has 6 rings (SSSR count). The van der Waals surface area contributed by atoms with Gasteiger partial charge in [0.25, 0.3) is 0 Å². The predicted molar refractivity (Wildman–Crippen MR) is 124 cm³/mol. The normalized spacial score (nSPS) is 26.5. The quantitative estimate of drug-likeness (QED) is 0.703. The molecule has 1 aromatic heterocycles. The van der Waals surface area contributed by atoms with E-state index in [1.165, 1.54) is 29.7 Å². The second-order valence-corrected chi connectivity index (χ2v) is 13.5. The molecule has 2 aromatic rings. The summed E-state index contributed by atoms with van der Waals surface area (Å²) in [6, 6.07) is 6.95. The van der Waals surface area contributed by atoms with Gasteiger partial charge in [-0.3, -0.25) is 4.21 Å². The third-order valence-electron chi connectivity index (χ3n) is 6.95. The minimum absolute atomic E-state index is 0.367. The molecule has 1 aromatic carbocycles. The molecule has 0 saturated carbocycles. The number of hydrogen-bond donors (Lipinski definition) is 0. The molecule has 7 nitrogen and oxygen atoms in total. The van der Waals surface area contributed by atoms with Gasteiger partial charge in [0.2, 0.25) is 5.95 Å². The highest BCUT2D eigenvalue weighted by atomic mass is 32.2. The lowest BCUT2D eigenvalue weighted by Crippen LogP contribution is -2.30. The Kier molecular flexibility index (Phi) is 4.44. The first kappa shape index (κ1) is 19.7. The van der Waals surface area contributed by atoms with Gasteiger partial charge in [0.1, 0.15) is 4.90 Å². The summed E-state index contributed by atoms with van der Waals surface area (Å²) in [6.07, 6.45) is 6.29. The number of aryl methyl sites for hydroxylation is 3. The molecule has 1 aliphatic carbocycles. The van der Waals surface area contributed by atoms with Crippen LogP contribution in [0.2, 0.25) is 0 Å². The van der Waals surface area contributed by atoms with Crippen molar-refractivity contribution >= 4 is 38.0 Å². The third kappa shape index (κ3) is 3.46. The van der Waals surface area contributed by atoms with Gasteiger partial charge in [-0.1, -0.05) is 6.07 Å². The van der Waals surface area contributed by atoms with Gasteiger partial charge < -0.3 is 9.80 Å². The average molecular weight is 458 g/mol. The van der Waals surface area contributed by atoms with E-state index in [-0.39, 0.29) is 0 Å². The highest BCUT2D eigenvalue weighted by Gasteiger charge is 2.41. The van der Waals surface area contributed by atoms with Crippen LogP contribution in [0.25, 0.3) is 0 Å². The summed E-state index contributed by atoms with van der Waals surface area (Å²) in [7, 11) is -3.54. The summed E-state index contributed by atoms with van der Waals surface area (Å²) < 4.78 is 29.1. The van der Waals surface area contributed by atoms with Crippen LogP contribution in [0.1, 0.15) is 16.8 Å². The summed E-state index contributed by atoms with van der Waals surface area (Å²) in [6.45, 7) is 3.95. The van der Waals surface area contributed by atoms with Gasteiger partial charge in [-0.15, -0.1) is 0 Å². The molecule has 3 aliphatic heterocycles. The Morgan fingerprint density at radius 1 is 1.00 bits per heavy atom. The smallest absolute Gasteiger partial charge is 0.227 e. The minimum atomic E-state index is -2.39. The van der Waals surface area contributed by atoms with Crippen molar-refractivity contribution < 1.29 is 8.42 Å². The molecule has 0 radical (unpaired) electrons. The van der Waals surface area contributed by atoms with E-state index in [0.717, 1.165) is 31.9 Å². The Bertz CT molecular complexity index is 1210. The molecule has 0 bridgehead atoms. The van der Waals surface area contributed by atoms with E-state index >= 15 is 0 Å². The van der Waals surface area contributed by atoms with Crippen LogP contribution in [-0.2, 0) is 39.8 Å². The Balaban J connectivity index is 1.24. The fourth-order valence-corrected chi connectivity index (χ4v) is 7.22. The van der Waals surface area contributed by atoms with E-state index in [2.05, 4.69) is 37.3 Å². The lowest BCUT2D eigenvalue weighted by atomic mass is 9.88. The van der Waals surface area contributed by atoms with Gasteiger partial charge in [0.15, 0.2) is 5.82 Å². The minimum Gasteiger partial charge on any atom is -0.371 e. The molecule has 2 saturated heterocycles. The summed E-state index contributed by atoms with van der Waals surface area (Å²) >= 11 is 0. The Labute approximate surface area is 185 Å². The van der Waals surface area contributed by atoms with Crippen LogP contribution in [0, 0.1) is 11.8 Å². The molecule has 4 aliphatic rings. The number of hydrogen-bond acceptors (Lipinski definition) is 7. The van der Waals surface area contributed by atoms with Gasteiger partial charge in [-0.25, -0.2) is 9.19 Å². The zero-order valence-corrected chi connectivity index (χ0v) is 19.5. The molecule has 0 N–H and O–H groups in total. The standard InChI is InChI=1S/C22H27N5O2S2/c1-31(2,29)25-21-20-19(7-8-30(20)28)23-22(24-21)27-12-16-10-26(11-17(16)13-27)18-6-5-14-3-4-15(14)9-18/h5-6,9,16-17H,3-4,7-8,10-13H2,1-2H3. The fourth-order valence-electron chi connectivity index (χ4n) is 5.32. The van der Waals surface area contributed by atoms with Crippen LogP contribution in [0.5, 0.6) is 0 Å². The zero-order valence-electron chi connectivity index (χ0n) is 17.9. The number of aromatic nitrogens is 2. The maximum atomic E-state index is 12.4. The van der Waals surface area contributed by atoms with Crippen LogP contribution in [0.3, 0.4) is 0 Å². The van der Waals surface area contributed by atoms with E-state index in [0.29, 0.717) is 40.7 Å². The first-order chi connectivity index (χ1) is 14.8. The first-order valence-electron chi connectivity index (χ1n) is 10.9. The molecule has 0 amide bonds. The third-order valence-corrected chi connectivity index (χ3v) is 9.01. The molecule has 31 heavy (non-hydrogen) atoms. The molecular formula is C22H27N5O2S2. The Hall–Kier alpha value is -2.00. The van der Waals surface area contributed by atoms with E-state index in [9.17, 15) is 8.42 Å². The highest BCUT2D eigenvalue weighted by molar-refractivity contribution is 7.92. The molecule has 9 heteroatoms. The Morgan fingerprint density at radius 2 is 1.71 bits per heavy atom. The maximum absolute atomic E-state index is 12.4. The number of rotatable bonds is 3. The van der Waals surface area contributed by atoms with E-state index in [1.54, 1.807) is 12.5 Å². The van der Waals surface area contributed by atoms with Crippen LogP contribution in [0.4, 0.5) is 17.5 Å². The van der Waals surface area contributed by atoms with Crippen molar-refractivity contribution in [1.82, 2.24) is 9.97 Å². The average Bonchev–Trinajstić information content (AvgIpc) is 3.35. The summed E-state index contributed by atoms with van der Waals surface area (Å²) in [5, 5.41) is 0. The largest absolute Gasteiger partial charge is 0.371 e. The Morgan fingerprint density at radius 3 is 2.35 bits per heavy atom. The van der Waals surface area contributed by atoms with Crippen LogP contribution < -0.4 is 9.80 Å². The molecule has 3 atom stereocenters. The van der Waals surface area contributed by atoms with Crippen molar-refractivity contribution in [3.8, 4) is 0 Å². The molecule has 0 spiro atoms. The van der Waals surface area contributed by atoms with Gasteiger partial charge in [0.05, 0.1) is 16.5 Å². The summed E-state index contributed by atoms with van der Waals surface area (Å²) in [4.78, 5) is 14.8. The van der Waals surface area contributed by atoms with Crippen LogP contribution >= 0.6 is 0 Å². The van der Waals surface area contributed by atoms with Crippen molar-refractivity contribution in [1.29, 1.82) is 0 Å². The van der Waals surface area contributed by atoms with Gasteiger partial charge in [-0.2, -0.15) is 9.35 Å². The van der Waals surface area contributed by atoms with Crippen molar-refractivity contribution in [2.45, 2.75) is 24.2 Å². The molecule has 164 valence electrons. The highest BCUT2D eigenvalue weighted by Crippen LogP contribution is 2.38. The van der Waals surface area contributed by atoms with Crippen molar-refractivity contribution in [3.05, 3.63) is 35.0 Å². The van der Waals surface area contributed by atoms with Crippen LogP contribution in [-0.4, -0.2) is 62.8 Å². The predicted octanol–water partition coefficient (Wildman–Crippen LogP) is 2.17. The molecule has 2 fully saturated rings. The zero-order chi connectivity index (χ0) is 21.3. The van der Waals surface area contributed by atoms with Gasteiger partial charge in [0, 0.05) is 78.1 Å². The number of benzene rings is 1. The van der Waals surface area contributed by atoms with Crippen molar-refractivity contribution in [3.63, 3.8) is 0 Å². The summed E-state index contributed by atoms with van der Waals surface area (Å²) in [5.41, 5.74) is 5.19. The molecule has 4 heterocycles. The van der Waals surface area contributed by atoms with Crippen molar-refractivity contribution in [2.24, 2.45) is 16.2 Å². The van der Waals surface area contributed by atoms with Crippen LogP contribution in [0.15, 0.2) is 27.5 Å². The molecule has 3 unspecified atom stereocenters. The van der Waals surface area contributed by atoms with Gasteiger partial charge in [-0.05, 0) is 36.1 Å². The van der Waals surface area contributed by atoms with E-state index in [1.807, 2.05) is 0 Å². The fraction of sp³-hybridized carbons (Fsp3) is 0.545. The lowest BCUT2D eigenvalue weighted by Gasteiger charge is -2.26. The number of anilines is 2. The summed E-state index contributed by atoms with van der Waals surface area (Å²) in [5.74, 6) is 2.73. The van der Waals surface area contributed by atoms with E-state index in [4.69, 9.17) is 4.98 Å². The topological polar surface area (TPSA) is 78.8 Å². The first-order valence-corrected chi connectivity index (χ1v) is 14.6.